The third-order valence-corrected chi connectivity index (χ3v) is 5.26. The number of likely N-dealkylation sites (tertiary alicyclic amines) is 1. The number of hydrogen-bond acceptors (Lipinski definition) is 3. The van der Waals surface area contributed by atoms with Crippen LogP contribution in [-0.4, -0.2) is 62.7 Å². The summed E-state index contributed by atoms with van der Waals surface area (Å²) in [6, 6.07) is 0.806. The lowest BCUT2D eigenvalue weighted by atomic mass is 9.98. The molecule has 2 fully saturated rings. The molecule has 20 heavy (non-hydrogen) atoms. The Morgan fingerprint density at radius 3 is 2.80 bits per heavy atom. The molecule has 0 amide bonds. The van der Waals surface area contributed by atoms with Crippen LogP contribution in [0.4, 0.5) is 0 Å². The first-order chi connectivity index (χ1) is 9.69. The summed E-state index contributed by atoms with van der Waals surface area (Å²) in [7, 11) is 4.57. The van der Waals surface area contributed by atoms with Gasteiger partial charge in [-0.2, -0.15) is 0 Å². The zero-order valence-electron chi connectivity index (χ0n) is 13.9. The molecule has 1 saturated carbocycles. The molecule has 0 aromatic heterocycles. The van der Waals surface area contributed by atoms with Crippen molar-refractivity contribution in [2.24, 2.45) is 11.8 Å². The Labute approximate surface area is 126 Å². The van der Waals surface area contributed by atoms with Crippen LogP contribution in [-0.2, 0) is 0 Å². The Bertz CT molecular complexity index is 269. The average Bonchev–Trinajstić information content (AvgIpc) is 3.03. The van der Waals surface area contributed by atoms with Gasteiger partial charge in [-0.25, -0.2) is 0 Å². The molecule has 0 bridgehead atoms. The Morgan fingerprint density at radius 2 is 2.10 bits per heavy atom. The van der Waals surface area contributed by atoms with Crippen molar-refractivity contribution < 1.29 is 0 Å². The van der Waals surface area contributed by atoms with Crippen molar-refractivity contribution in [2.75, 3.05) is 46.8 Å². The monoisotopic (exact) mass is 281 g/mol. The summed E-state index contributed by atoms with van der Waals surface area (Å²) in [5.74, 6) is 1.83. The summed E-state index contributed by atoms with van der Waals surface area (Å²) in [6.07, 6.45) is 8.33. The fourth-order valence-electron chi connectivity index (χ4n) is 4.07. The predicted octanol–water partition coefficient (Wildman–Crippen LogP) is 2.43. The molecule has 2 aliphatic rings. The molecular weight excluding hydrogens is 246 g/mol. The fraction of sp³-hybridized carbons (Fsp3) is 1.00. The SMILES string of the molecule is CCCNC1CCCC1CCN(C)CC1CCN(C)C1. The smallest absolute Gasteiger partial charge is 0.00958 e. The van der Waals surface area contributed by atoms with Crippen LogP contribution in [0.15, 0.2) is 0 Å². The minimum Gasteiger partial charge on any atom is -0.314 e. The highest BCUT2D eigenvalue weighted by molar-refractivity contribution is 4.84. The van der Waals surface area contributed by atoms with Crippen LogP contribution >= 0.6 is 0 Å². The second-order valence-corrected chi connectivity index (χ2v) is 7.22. The van der Waals surface area contributed by atoms with Gasteiger partial charge in [-0.15, -0.1) is 0 Å². The number of nitrogens with one attached hydrogen (secondary N) is 1. The predicted molar refractivity (Wildman–Crippen MR) is 87.1 cm³/mol. The lowest BCUT2D eigenvalue weighted by molar-refractivity contribution is 0.245. The van der Waals surface area contributed by atoms with Crippen molar-refractivity contribution in [3.8, 4) is 0 Å². The fourth-order valence-corrected chi connectivity index (χ4v) is 4.07. The maximum Gasteiger partial charge on any atom is 0.00958 e. The molecule has 3 nitrogen and oxygen atoms in total. The molecule has 0 radical (unpaired) electrons. The van der Waals surface area contributed by atoms with E-state index < -0.39 is 0 Å². The van der Waals surface area contributed by atoms with E-state index in [1.54, 1.807) is 0 Å². The van der Waals surface area contributed by atoms with E-state index in [1.807, 2.05) is 0 Å². The van der Waals surface area contributed by atoms with Crippen LogP contribution in [0.1, 0.15) is 45.4 Å². The van der Waals surface area contributed by atoms with Crippen LogP contribution in [0.3, 0.4) is 0 Å². The molecule has 1 aliphatic carbocycles. The number of nitrogens with zero attached hydrogens (tertiary/aromatic N) is 2. The highest BCUT2D eigenvalue weighted by atomic mass is 15.1. The minimum atomic E-state index is 0.806. The van der Waals surface area contributed by atoms with E-state index in [0.717, 1.165) is 17.9 Å². The highest BCUT2D eigenvalue weighted by Gasteiger charge is 2.27. The molecule has 1 aliphatic heterocycles. The molecule has 118 valence electrons. The summed E-state index contributed by atoms with van der Waals surface area (Å²) in [5.41, 5.74) is 0. The van der Waals surface area contributed by atoms with Crippen LogP contribution in [0, 0.1) is 11.8 Å². The van der Waals surface area contributed by atoms with Gasteiger partial charge in [0.1, 0.15) is 0 Å². The van der Waals surface area contributed by atoms with E-state index in [4.69, 9.17) is 0 Å². The molecule has 3 unspecified atom stereocenters. The lowest BCUT2D eigenvalue weighted by Crippen LogP contribution is -2.35. The molecular formula is C17H35N3. The Morgan fingerprint density at radius 1 is 1.25 bits per heavy atom. The third-order valence-electron chi connectivity index (χ3n) is 5.26. The second-order valence-electron chi connectivity index (χ2n) is 7.22. The van der Waals surface area contributed by atoms with Crippen molar-refractivity contribution in [1.82, 2.24) is 15.1 Å². The van der Waals surface area contributed by atoms with E-state index in [1.165, 1.54) is 71.2 Å². The maximum absolute atomic E-state index is 3.76. The van der Waals surface area contributed by atoms with E-state index in [9.17, 15) is 0 Å². The zero-order valence-corrected chi connectivity index (χ0v) is 13.9. The molecule has 3 atom stereocenters. The molecule has 1 saturated heterocycles. The number of hydrogen-bond donors (Lipinski definition) is 1. The first-order valence-corrected chi connectivity index (χ1v) is 8.79. The maximum atomic E-state index is 3.76. The van der Waals surface area contributed by atoms with Crippen LogP contribution in [0.2, 0.25) is 0 Å². The van der Waals surface area contributed by atoms with Crippen molar-refractivity contribution in [3.05, 3.63) is 0 Å². The standard InChI is InChI=1S/C17H35N3/c1-4-10-18-17-7-5-6-16(17)9-12-20(3)14-15-8-11-19(2)13-15/h15-18H,4-14H2,1-3H3. The average molecular weight is 281 g/mol. The van der Waals surface area contributed by atoms with Gasteiger partial charge in [-0.3, -0.25) is 0 Å². The quantitative estimate of drug-likeness (QED) is 0.737. The van der Waals surface area contributed by atoms with Gasteiger partial charge >= 0.3 is 0 Å². The summed E-state index contributed by atoms with van der Waals surface area (Å²) in [4.78, 5) is 5.05. The van der Waals surface area contributed by atoms with Crippen molar-refractivity contribution in [1.29, 1.82) is 0 Å². The molecule has 2 rings (SSSR count). The Balaban J connectivity index is 1.63. The van der Waals surface area contributed by atoms with Gasteiger partial charge in [0.2, 0.25) is 0 Å². The van der Waals surface area contributed by atoms with Gasteiger partial charge in [0.25, 0.3) is 0 Å². The normalized spacial score (nSPS) is 31.5. The Hall–Kier alpha value is -0.120. The summed E-state index contributed by atoms with van der Waals surface area (Å²) < 4.78 is 0. The van der Waals surface area contributed by atoms with Crippen molar-refractivity contribution in [2.45, 2.75) is 51.5 Å². The van der Waals surface area contributed by atoms with Gasteiger partial charge in [0, 0.05) is 19.1 Å². The first kappa shape index (κ1) is 16.3. The van der Waals surface area contributed by atoms with Crippen LogP contribution in [0.5, 0.6) is 0 Å². The third kappa shape index (κ3) is 5.01. The first-order valence-electron chi connectivity index (χ1n) is 8.79. The minimum absolute atomic E-state index is 0.806. The molecule has 1 N–H and O–H groups in total. The lowest BCUT2D eigenvalue weighted by Gasteiger charge is -2.25. The zero-order chi connectivity index (χ0) is 14.4. The largest absolute Gasteiger partial charge is 0.314 e. The summed E-state index contributed by atoms with van der Waals surface area (Å²) >= 11 is 0. The molecule has 3 heteroatoms. The molecule has 0 aromatic carbocycles. The van der Waals surface area contributed by atoms with Gasteiger partial charge in [-0.1, -0.05) is 13.3 Å². The van der Waals surface area contributed by atoms with Gasteiger partial charge in [0.05, 0.1) is 0 Å². The van der Waals surface area contributed by atoms with Crippen molar-refractivity contribution in [3.63, 3.8) is 0 Å². The van der Waals surface area contributed by atoms with E-state index >= 15 is 0 Å². The molecule has 0 aromatic rings. The van der Waals surface area contributed by atoms with E-state index in [2.05, 4.69) is 36.1 Å². The molecule has 1 heterocycles. The van der Waals surface area contributed by atoms with E-state index in [0.29, 0.717) is 0 Å². The summed E-state index contributed by atoms with van der Waals surface area (Å²) in [6.45, 7) is 8.65. The van der Waals surface area contributed by atoms with Crippen LogP contribution in [0.25, 0.3) is 0 Å². The topological polar surface area (TPSA) is 18.5 Å². The number of rotatable bonds is 8. The Kier molecular flexibility index (Phi) is 6.79. The van der Waals surface area contributed by atoms with Crippen LogP contribution < -0.4 is 5.32 Å². The molecule has 0 spiro atoms. The van der Waals surface area contributed by atoms with Crippen molar-refractivity contribution >= 4 is 0 Å². The van der Waals surface area contributed by atoms with Gasteiger partial charge in [-0.05, 0) is 77.7 Å². The highest BCUT2D eigenvalue weighted by Crippen LogP contribution is 2.28. The van der Waals surface area contributed by atoms with Gasteiger partial charge < -0.3 is 15.1 Å². The van der Waals surface area contributed by atoms with Gasteiger partial charge in [0.15, 0.2) is 0 Å². The second kappa shape index (κ2) is 8.35. The summed E-state index contributed by atoms with van der Waals surface area (Å²) in [5, 5.41) is 3.76. The van der Waals surface area contributed by atoms with E-state index in [-0.39, 0.29) is 0 Å².